The van der Waals surface area contributed by atoms with E-state index < -0.39 is 5.41 Å². The van der Waals surface area contributed by atoms with E-state index in [1.165, 1.54) is 4.68 Å². The summed E-state index contributed by atoms with van der Waals surface area (Å²) in [4.78, 5) is 23.6. The molecule has 0 unspecified atom stereocenters. The van der Waals surface area contributed by atoms with E-state index in [1.54, 1.807) is 6.20 Å². The number of nitrogens with zero attached hydrogens (tertiary/aromatic N) is 3. The highest BCUT2D eigenvalue weighted by Crippen LogP contribution is 2.18. The van der Waals surface area contributed by atoms with E-state index >= 15 is 0 Å². The van der Waals surface area contributed by atoms with Crippen molar-refractivity contribution in [3.8, 4) is 0 Å². The second-order valence-corrected chi connectivity index (χ2v) is 7.59. The first-order valence-electron chi connectivity index (χ1n) is 7.16. The fourth-order valence-corrected chi connectivity index (χ4v) is 1.61. The predicted octanol–water partition coefficient (Wildman–Crippen LogP) is 1.95. The van der Waals surface area contributed by atoms with Gasteiger partial charge in [-0.1, -0.05) is 46.8 Å². The molecule has 0 atom stereocenters. The van der Waals surface area contributed by atoms with Crippen LogP contribution in [0.25, 0.3) is 0 Å². The van der Waals surface area contributed by atoms with Crippen molar-refractivity contribution in [1.82, 2.24) is 20.3 Å². The molecule has 1 amide bonds. The number of aromatic nitrogens is 3. The summed E-state index contributed by atoms with van der Waals surface area (Å²) in [6, 6.07) is 0. The Morgan fingerprint density at radius 2 is 1.81 bits per heavy atom. The van der Waals surface area contributed by atoms with Crippen LogP contribution in [0.3, 0.4) is 0 Å². The molecule has 0 aliphatic rings. The zero-order valence-electron chi connectivity index (χ0n) is 13.9. The van der Waals surface area contributed by atoms with Gasteiger partial charge < -0.3 is 5.32 Å². The van der Waals surface area contributed by atoms with Gasteiger partial charge >= 0.3 is 0 Å². The zero-order valence-corrected chi connectivity index (χ0v) is 13.9. The first kappa shape index (κ1) is 17.3. The number of hydrogen-bond donors (Lipinski definition) is 1. The van der Waals surface area contributed by atoms with Crippen molar-refractivity contribution >= 4 is 11.7 Å². The maximum Gasteiger partial charge on any atom is 0.220 e. The highest BCUT2D eigenvalue weighted by atomic mass is 16.1. The molecule has 0 fully saturated rings. The van der Waals surface area contributed by atoms with Gasteiger partial charge in [0, 0.05) is 11.8 Å². The van der Waals surface area contributed by atoms with Crippen LogP contribution in [0.4, 0.5) is 0 Å². The summed E-state index contributed by atoms with van der Waals surface area (Å²) in [5.41, 5.74) is 0.215. The maximum absolute atomic E-state index is 11.9. The third-order valence-corrected chi connectivity index (χ3v) is 2.89. The minimum atomic E-state index is -0.396. The van der Waals surface area contributed by atoms with E-state index in [1.807, 2.05) is 41.5 Å². The zero-order chi connectivity index (χ0) is 16.3. The van der Waals surface area contributed by atoms with Crippen molar-refractivity contribution in [3.05, 3.63) is 11.9 Å². The van der Waals surface area contributed by atoms with Gasteiger partial charge in [0.25, 0.3) is 0 Å². The average Bonchev–Trinajstić information content (AvgIpc) is 2.70. The maximum atomic E-state index is 11.9. The summed E-state index contributed by atoms with van der Waals surface area (Å²) >= 11 is 0. The highest BCUT2D eigenvalue weighted by Gasteiger charge is 2.22. The minimum Gasteiger partial charge on any atom is -0.350 e. The Kier molecular flexibility index (Phi) is 5.25. The van der Waals surface area contributed by atoms with Crippen LogP contribution in [0.2, 0.25) is 0 Å². The van der Waals surface area contributed by atoms with Gasteiger partial charge in [0.15, 0.2) is 5.78 Å². The average molecular weight is 294 g/mol. The summed E-state index contributed by atoms with van der Waals surface area (Å²) in [5.74, 6) is 0.0820. The molecule has 1 aromatic heterocycles. The highest BCUT2D eigenvalue weighted by molar-refractivity contribution is 5.83. The minimum absolute atomic E-state index is 0.0113. The molecule has 6 heteroatoms. The third-order valence-electron chi connectivity index (χ3n) is 2.89. The van der Waals surface area contributed by atoms with Crippen molar-refractivity contribution in [3.63, 3.8) is 0 Å². The van der Waals surface area contributed by atoms with Crippen LogP contribution in [0.15, 0.2) is 6.20 Å². The molecule has 0 aliphatic carbocycles. The monoisotopic (exact) mass is 294 g/mol. The Morgan fingerprint density at radius 3 is 2.33 bits per heavy atom. The van der Waals surface area contributed by atoms with Gasteiger partial charge in [-0.25, -0.2) is 4.68 Å². The van der Waals surface area contributed by atoms with Gasteiger partial charge in [-0.15, -0.1) is 5.10 Å². The van der Waals surface area contributed by atoms with E-state index in [9.17, 15) is 9.59 Å². The lowest BCUT2D eigenvalue weighted by Crippen LogP contribution is -2.27. The quantitative estimate of drug-likeness (QED) is 0.900. The van der Waals surface area contributed by atoms with Crippen molar-refractivity contribution in [1.29, 1.82) is 0 Å². The Bertz CT molecular complexity index is 506. The first-order valence-corrected chi connectivity index (χ1v) is 7.16. The Hall–Kier alpha value is -1.72. The van der Waals surface area contributed by atoms with Crippen molar-refractivity contribution in [2.24, 2.45) is 10.8 Å². The molecule has 6 nitrogen and oxygen atoms in total. The van der Waals surface area contributed by atoms with Crippen LogP contribution in [-0.4, -0.2) is 26.7 Å². The largest absolute Gasteiger partial charge is 0.350 e. The number of amides is 1. The smallest absolute Gasteiger partial charge is 0.220 e. The molecule has 0 spiro atoms. The Morgan fingerprint density at radius 1 is 1.19 bits per heavy atom. The number of hydrogen-bond acceptors (Lipinski definition) is 4. The third kappa shape index (κ3) is 6.51. The number of carbonyl (C=O) groups excluding carboxylic acids is 2. The standard InChI is InChI=1S/C15H26N4O2/c1-14(2,3)7-13(21)16-8-11-9-19(18-17-11)10-12(20)15(4,5)6/h9H,7-8,10H2,1-6H3,(H,16,21). The van der Waals surface area contributed by atoms with Crippen molar-refractivity contribution < 1.29 is 9.59 Å². The second kappa shape index (κ2) is 6.37. The fraction of sp³-hybridized carbons (Fsp3) is 0.733. The van der Waals surface area contributed by atoms with Gasteiger partial charge in [-0.05, 0) is 5.41 Å². The van der Waals surface area contributed by atoms with E-state index in [2.05, 4.69) is 15.6 Å². The molecule has 118 valence electrons. The molecule has 0 aliphatic heterocycles. The lowest BCUT2D eigenvalue weighted by atomic mass is 9.91. The molecule has 1 rings (SSSR count). The Balaban J connectivity index is 2.49. The molecular formula is C15H26N4O2. The SMILES string of the molecule is CC(C)(C)CC(=O)NCc1cn(CC(=O)C(C)(C)C)nn1. The number of nitrogens with one attached hydrogen (secondary N) is 1. The van der Waals surface area contributed by atoms with E-state index in [0.717, 1.165) is 0 Å². The molecule has 21 heavy (non-hydrogen) atoms. The van der Waals surface area contributed by atoms with E-state index in [4.69, 9.17) is 0 Å². The molecule has 0 aromatic carbocycles. The number of Topliss-reactive ketones (excluding diaryl/α,β-unsaturated/α-hetero) is 1. The van der Waals surface area contributed by atoms with Crippen LogP contribution in [0.5, 0.6) is 0 Å². The first-order chi connectivity index (χ1) is 9.47. The molecule has 1 N–H and O–H groups in total. The molecule has 0 saturated carbocycles. The van der Waals surface area contributed by atoms with Crippen LogP contribution in [0, 0.1) is 10.8 Å². The van der Waals surface area contributed by atoms with Gasteiger partial charge in [-0.3, -0.25) is 9.59 Å². The fourth-order valence-electron chi connectivity index (χ4n) is 1.61. The summed E-state index contributed by atoms with van der Waals surface area (Å²) in [6.45, 7) is 12.2. The lowest BCUT2D eigenvalue weighted by Gasteiger charge is -2.16. The number of ketones is 1. The molecule has 0 bridgehead atoms. The van der Waals surface area contributed by atoms with Crippen LogP contribution in [-0.2, 0) is 22.7 Å². The van der Waals surface area contributed by atoms with Gasteiger partial charge in [0.1, 0.15) is 12.2 Å². The van der Waals surface area contributed by atoms with Crippen molar-refractivity contribution in [2.45, 2.75) is 61.1 Å². The topological polar surface area (TPSA) is 76.9 Å². The normalized spacial score (nSPS) is 12.3. The summed E-state index contributed by atoms with van der Waals surface area (Å²) in [6.07, 6.45) is 2.16. The molecule has 1 aromatic rings. The van der Waals surface area contributed by atoms with E-state index in [0.29, 0.717) is 18.7 Å². The molecule has 0 radical (unpaired) electrons. The molecule has 1 heterocycles. The predicted molar refractivity (Wildman–Crippen MR) is 80.4 cm³/mol. The molecular weight excluding hydrogens is 268 g/mol. The number of carbonyl (C=O) groups is 2. The summed E-state index contributed by atoms with van der Waals surface area (Å²) < 4.78 is 1.51. The molecule has 0 saturated heterocycles. The Labute approximate surface area is 126 Å². The second-order valence-electron chi connectivity index (χ2n) is 7.59. The van der Waals surface area contributed by atoms with E-state index in [-0.39, 0.29) is 23.7 Å². The summed E-state index contributed by atoms with van der Waals surface area (Å²) in [7, 11) is 0. The van der Waals surface area contributed by atoms with Crippen molar-refractivity contribution in [2.75, 3.05) is 0 Å². The van der Waals surface area contributed by atoms with Gasteiger partial charge in [0.2, 0.25) is 5.91 Å². The lowest BCUT2D eigenvalue weighted by molar-refractivity contribution is -0.127. The number of rotatable bonds is 5. The van der Waals surface area contributed by atoms with Crippen LogP contribution < -0.4 is 5.32 Å². The summed E-state index contributed by atoms with van der Waals surface area (Å²) in [5, 5.41) is 10.7. The van der Waals surface area contributed by atoms with Gasteiger partial charge in [0.05, 0.1) is 12.7 Å². The van der Waals surface area contributed by atoms with Gasteiger partial charge in [-0.2, -0.15) is 0 Å². The van der Waals surface area contributed by atoms with Crippen LogP contribution >= 0.6 is 0 Å². The van der Waals surface area contributed by atoms with Crippen LogP contribution in [0.1, 0.15) is 53.7 Å².